The molecule has 154 valence electrons. The fourth-order valence-electron chi connectivity index (χ4n) is 3.20. The Bertz CT molecular complexity index is 862. The van der Waals surface area contributed by atoms with Crippen LogP contribution in [0.25, 0.3) is 0 Å². The molecule has 7 heteroatoms. The molecule has 0 radical (unpaired) electrons. The van der Waals surface area contributed by atoms with E-state index >= 15 is 0 Å². The number of nitrogens with one attached hydrogen (secondary N) is 1. The van der Waals surface area contributed by atoms with E-state index in [4.69, 9.17) is 16.3 Å². The zero-order chi connectivity index (χ0) is 20.8. The van der Waals surface area contributed by atoms with E-state index in [-0.39, 0.29) is 18.4 Å². The molecule has 29 heavy (non-hydrogen) atoms. The molecule has 6 nitrogen and oxygen atoms in total. The summed E-state index contributed by atoms with van der Waals surface area (Å²) in [4.78, 5) is 28.6. The lowest BCUT2D eigenvalue weighted by atomic mass is 10.1. The number of ether oxygens (including phenoxy) is 1. The third kappa shape index (κ3) is 5.95. The molecular weight excluding hydrogens is 390 g/mol. The molecule has 1 saturated heterocycles. The van der Waals surface area contributed by atoms with Crippen molar-refractivity contribution in [3.8, 4) is 5.75 Å². The Kier molecular flexibility index (Phi) is 7.12. The van der Waals surface area contributed by atoms with Gasteiger partial charge in [0.05, 0.1) is 6.54 Å². The second-order valence-electron chi connectivity index (χ2n) is 7.20. The van der Waals surface area contributed by atoms with Crippen molar-refractivity contribution >= 4 is 29.1 Å². The van der Waals surface area contributed by atoms with Gasteiger partial charge in [0.15, 0.2) is 6.61 Å². The molecule has 1 fully saturated rings. The molecule has 1 aliphatic rings. The highest BCUT2D eigenvalue weighted by Crippen LogP contribution is 2.18. The number of hydrogen-bond donors (Lipinski definition) is 1. The van der Waals surface area contributed by atoms with Gasteiger partial charge >= 0.3 is 0 Å². The van der Waals surface area contributed by atoms with Crippen molar-refractivity contribution in [3.63, 3.8) is 0 Å². The number of aryl methyl sites for hydroxylation is 1. The average Bonchev–Trinajstić information content (AvgIpc) is 2.71. The normalized spacial score (nSPS) is 14.5. The monoisotopic (exact) mass is 415 g/mol. The van der Waals surface area contributed by atoms with E-state index in [2.05, 4.69) is 10.2 Å². The lowest BCUT2D eigenvalue weighted by Crippen LogP contribution is -2.51. The fourth-order valence-corrected chi connectivity index (χ4v) is 3.33. The zero-order valence-corrected chi connectivity index (χ0v) is 17.5. The van der Waals surface area contributed by atoms with Crippen molar-refractivity contribution in [1.82, 2.24) is 9.80 Å². The average molecular weight is 416 g/mol. The van der Waals surface area contributed by atoms with E-state index in [1.807, 2.05) is 32.0 Å². The minimum atomic E-state index is -0.0561. The highest BCUT2D eigenvalue weighted by atomic mass is 35.5. The van der Waals surface area contributed by atoms with Gasteiger partial charge in [0.2, 0.25) is 5.91 Å². The van der Waals surface area contributed by atoms with Crippen molar-refractivity contribution in [2.75, 3.05) is 44.6 Å². The van der Waals surface area contributed by atoms with Crippen molar-refractivity contribution in [3.05, 3.63) is 58.6 Å². The van der Waals surface area contributed by atoms with Crippen LogP contribution in [-0.4, -0.2) is 60.9 Å². The Morgan fingerprint density at radius 2 is 1.72 bits per heavy atom. The summed E-state index contributed by atoms with van der Waals surface area (Å²) < 4.78 is 5.53. The number of anilines is 1. The Labute approximate surface area is 176 Å². The highest BCUT2D eigenvalue weighted by molar-refractivity contribution is 6.30. The lowest BCUT2D eigenvalue weighted by molar-refractivity contribution is -0.135. The van der Waals surface area contributed by atoms with Gasteiger partial charge in [-0.15, -0.1) is 0 Å². The molecule has 2 amide bonds. The molecule has 0 unspecified atom stereocenters. The minimum Gasteiger partial charge on any atom is -0.484 e. The largest absolute Gasteiger partial charge is 0.484 e. The quantitative estimate of drug-likeness (QED) is 0.787. The Morgan fingerprint density at radius 3 is 2.41 bits per heavy atom. The van der Waals surface area contributed by atoms with Crippen LogP contribution in [0.15, 0.2) is 42.5 Å². The first-order chi connectivity index (χ1) is 13.9. The van der Waals surface area contributed by atoms with Gasteiger partial charge in [-0.25, -0.2) is 0 Å². The minimum absolute atomic E-state index is 0.00520. The Hall–Kier alpha value is -2.57. The number of piperazine rings is 1. The van der Waals surface area contributed by atoms with Crippen LogP contribution in [0.3, 0.4) is 0 Å². The summed E-state index contributed by atoms with van der Waals surface area (Å²) >= 11 is 5.84. The number of benzene rings is 2. The van der Waals surface area contributed by atoms with Crippen LogP contribution >= 0.6 is 11.6 Å². The summed E-state index contributed by atoms with van der Waals surface area (Å²) in [6.07, 6.45) is 0. The third-order valence-corrected chi connectivity index (χ3v) is 5.40. The molecule has 1 N–H and O–H groups in total. The van der Waals surface area contributed by atoms with E-state index in [1.165, 1.54) is 0 Å². The second kappa shape index (κ2) is 9.76. The number of rotatable bonds is 6. The van der Waals surface area contributed by atoms with Crippen LogP contribution in [0.2, 0.25) is 5.02 Å². The zero-order valence-electron chi connectivity index (χ0n) is 16.8. The summed E-state index contributed by atoms with van der Waals surface area (Å²) in [5.41, 5.74) is 3.08. The van der Waals surface area contributed by atoms with Crippen LogP contribution in [-0.2, 0) is 9.59 Å². The SMILES string of the molecule is Cc1cccc(NC(=O)CN2CCN(C(=O)COc3ccc(Cl)cc3)CC2)c1C. The maximum absolute atomic E-state index is 12.4. The van der Waals surface area contributed by atoms with Crippen LogP contribution in [0.4, 0.5) is 5.69 Å². The summed E-state index contributed by atoms with van der Waals surface area (Å²) in [7, 11) is 0. The molecule has 0 spiro atoms. The Balaban J connectivity index is 1.41. The van der Waals surface area contributed by atoms with Gasteiger partial charge in [0.1, 0.15) is 5.75 Å². The molecule has 1 aliphatic heterocycles. The maximum atomic E-state index is 12.4. The number of nitrogens with zero attached hydrogens (tertiary/aromatic N) is 2. The van der Waals surface area contributed by atoms with Gasteiger partial charge in [-0.2, -0.15) is 0 Å². The Morgan fingerprint density at radius 1 is 1.03 bits per heavy atom. The molecule has 0 saturated carbocycles. The number of amides is 2. The van der Waals surface area contributed by atoms with Gasteiger partial charge in [-0.05, 0) is 55.3 Å². The number of carbonyl (C=O) groups is 2. The van der Waals surface area contributed by atoms with E-state index in [1.54, 1.807) is 29.2 Å². The summed E-state index contributed by atoms with van der Waals surface area (Å²) in [5, 5.41) is 3.61. The van der Waals surface area contributed by atoms with Gasteiger partial charge < -0.3 is 15.0 Å². The fraction of sp³-hybridized carbons (Fsp3) is 0.364. The summed E-state index contributed by atoms with van der Waals surface area (Å²) in [5.74, 6) is 0.522. The smallest absolute Gasteiger partial charge is 0.260 e. The molecule has 2 aromatic carbocycles. The molecule has 0 aliphatic carbocycles. The standard InChI is InChI=1S/C22H26ClN3O3/c1-16-4-3-5-20(17(16)2)24-21(27)14-25-10-12-26(13-11-25)22(28)15-29-19-8-6-18(23)7-9-19/h3-9H,10-15H2,1-2H3,(H,24,27). The maximum Gasteiger partial charge on any atom is 0.260 e. The third-order valence-electron chi connectivity index (χ3n) is 5.15. The summed E-state index contributed by atoms with van der Waals surface area (Å²) in [6.45, 7) is 6.82. The first-order valence-corrected chi connectivity index (χ1v) is 10.0. The van der Waals surface area contributed by atoms with Crippen LogP contribution < -0.4 is 10.1 Å². The lowest BCUT2D eigenvalue weighted by Gasteiger charge is -2.34. The molecule has 0 aromatic heterocycles. The number of halogens is 1. The molecular formula is C22H26ClN3O3. The molecule has 2 aromatic rings. The molecule has 1 heterocycles. The molecule has 0 atom stereocenters. The number of hydrogen-bond acceptors (Lipinski definition) is 4. The molecule has 0 bridgehead atoms. The topological polar surface area (TPSA) is 61.9 Å². The summed E-state index contributed by atoms with van der Waals surface area (Å²) in [6, 6.07) is 12.8. The second-order valence-corrected chi connectivity index (χ2v) is 7.63. The van der Waals surface area contributed by atoms with Crippen molar-refractivity contribution in [1.29, 1.82) is 0 Å². The predicted octanol–water partition coefficient (Wildman–Crippen LogP) is 3.12. The van der Waals surface area contributed by atoms with E-state index in [0.29, 0.717) is 43.5 Å². The van der Waals surface area contributed by atoms with Crippen LogP contribution in [0, 0.1) is 13.8 Å². The van der Waals surface area contributed by atoms with Gasteiger partial charge in [-0.1, -0.05) is 23.7 Å². The van der Waals surface area contributed by atoms with Crippen LogP contribution in [0.1, 0.15) is 11.1 Å². The van der Waals surface area contributed by atoms with Crippen molar-refractivity contribution in [2.45, 2.75) is 13.8 Å². The number of carbonyl (C=O) groups excluding carboxylic acids is 2. The van der Waals surface area contributed by atoms with Gasteiger partial charge in [0, 0.05) is 36.9 Å². The first kappa shape index (κ1) is 21.1. The van der Waals surface area contributed by atoms with Crippen molar-refractivity contribution < 1.29 is 14.3 Å². The van der Waals surface area contributed by atoms with Gasteiger partial charge in [0.25, 0.3) is 5.91 Å². The van der Waals surface area contributed by atoms with E-state index < -0.39 is 0 Å². The predicted molar refractivity (Wildman–Crippen MR) is 115 cm³/mol. The van der Waals surface area contributed by atoms with Crippen LogP contribution in [0.5, 0.6) is 5.75 Å². The van der Waals surface area contributed by atoms with E-state index in [0.717, 1.165) is 16.8 Å². The highest BCUT2D eigenvalue weighted by Gasteiger charge is 2.23. The van der Waals surface area contributed by atoms with Crippen molar-refractivity contribution in [2.24, 2.45) is 0 Å². The molecule has 3 rings (SSSR count). The van der Waals surface area contributed by atoms with Gasteiger partial charge in [-0.3, -0.25) is 14.5 Å². The first-order valence-electron chi connectivity index (χ1n) is 9.67. The van der Waals surface area contributed by atoms with E-state index in [9.17, 15) is 9.59 Å².